The van der Waals surface area contributed by atoms with Gasteiger partial charge in [0.1, 0.15) is 6.33 Å². The number of carbonyl (C=O) groups is 1. The molecule has 100 valence electrons. The van der Waals surface area contributed by atoms with E-state index in [4.69, 9.17) is 17.3 Å². The third kappa shape index (κ3) is 2.68. The first-order chi connectivity index (χ1) is 9.00. The van der Waals surface area contributed by atoms with Crippen molar-refractivity contribution in [3.8, 4) is 0 Å². The van der Waals surface area contributed by atoms with Crippen LogP contribution >= 0.6 is 11.6 Å². The molecular formula is C12H14ClN5O. The van der Waals surface area contributed by atoms with Crippen molar-refractivity contribution in [2.24, 2.45) is 7.05 Å². The lowest BCUT2D eigenvalue weighted by Gasteiger charge is -2.14. The second-order valence-electron chi connectivity index (χ2n) is 4.20. The van der Waals surface area contributed by atoms with Gasteiger partial charge in [-0.05, 0) is 19.1 Å². The Morgan fingerprint density at radius 1 is 1.53 bits per heavy atom. The number of carbonyl (C=O) groups excluding carboxylic acids is 1. The Labute approximate surface area is 115 Å². The second kappa shape index (κ2) is 5.27. The lowest BCUT2D eigenvalue weighted by Crippen LogP contribution is -2.28. The third-order valence-corrected chi connectivity index (χ3v) is 3.18. The molecule has 1 amide bonds. The monoisotopic (exact) mass is 279 g/mol. The van der Waals surface area contributed by atoms with Crippen LogP contribution in [0.25, 0.3) is 0 Å². The Hall–Kier alpha value is -2.08. The fourth-order valence-corrected chi connectivity index (χ4v) is 1.96. The van der Waals surface area contributed by atoms with E-state index in [-0.39, 0.29) is 17.0 Å². The van der Waals surface area contributed by atoms with Gasteiger partial charge in [-0.15, -0.1) is 10.2 Å². The molecule has 3 N–H and O–H groups in total. The van der Waals surface area contributed by atoms with Gasteiger partial charge in [0, 0.05) is 7.05 Å². The van der Waals surface area contributed by atoms with Crippen LogP contribution in [-0.2, 0) is 7.05 Å². The highest BCUT2D eigenvalue weighted by atomic mass is 35.5. The molecule has 0 aliphatic heterocycles. The minimum atomic E-state index is -0.298. The van der Waals surface area contributed by atoms with Crippen LogP contribution in [0.2, 0.25) is 5.02 Å². The van der Waals surface area contributed by atoms with Crippen molar-refractivity contribution < 1.29 is 4.79 Å². The van der Waals surface area contributed by atoms with Gasteiger partial charge >= 0.3 is 0 Å². The third-order valence-electron chi connectivity index (χ3n) is 2.75. The molecule has 0 bridgehead atoms. The quantitative estimate of drug-likeness (QED) is 0.835. The molecule has 0 aliphatic carbocycles. The molecule has 0 radical (unpaired) electrons. The normalized spacial score (nSPS) is 12.2. The van der Waals surface area contributed by atoms with E-state index in [1.165, 1.54) is 0 Å². The number of aryl methyl sites for hydroxylation is 1. The molecule has 0 spiro atoms. The van der Waals surface area contributed by atoms with Gasteiger partial charge in [0.2, 0.25) is 0 Å². The number of benzene rings is 1. The molecule has 2 rings (SSSR count). The van der Waals surface area contributed by atoms with E-state index in [2.05, 4.69) is 15.5 Å². The molecule has 0 aliphatic rings. The molecule has 1 aromatic heterocycles. The number of halogens is 1. The summed E-state index contributed by atoms with van der Waals surface area (Å²) in [6, 6.07) is 4.67. The molecule has 19 heavy (non-hydrogen) atoms. The van der Waals surface area contributed by atoms with Crippen molar-refractivity contribution in [3.63, 3.8) is 0 Å². The van der Waals surface area contributed by atoms with Crippen LogP contribution in [0.5, 0.6) is 0 Å². The lowest BCUT2D eigenvalue weighted by atomic mass is 10.1. The van der Waals surface area contributed by atoms with Crippen LogP contribution in [-0.4, -0.2) is 20.7 Å². The highest BCUT2D eigenvalue weighted by Crippen LogP contribution is 2.23. The first-order valence-corrected chi connectivity index (χ1v) is 6.07. The highest BCUT2D eigenvalue weighted by molar-refractivity contribution is 6.36. The number of hydrogen-bond donors (Lipinski definition) is 2. The summed E-state index contributed by atoms with van der Waals surface area (Å²) in [5.41, 5.74) is 6.39. The molecule has 1 heterocycles. The van der Waals surface area contributed by atoms with Crippen LogP contribution in [0.1, 0.15) is 29.1 Å². The van der Waals surface area contributed by atoms with Crippen LogP contribution < -0.4 is 11.1 Å². The number of aromatic nitrogens is 3. The molecule has 2 aromatic rings. The van der Waals surface area contributed by atoms with Crippen molar-refractivity contribution in [1.82, 2.24) is 20.1 Å². The molecule has 0 saturated heterocycles. The summed E-state index contributed by atoms with van der Waals surface area (Å²) in [7, 11) is 1.81. The molecule has 1 unspecified atom stereocenters. The van der Waals surface area contributed by atoms with Crippen molar-refractivity contribution in [1.29, 1.82) is 0 Å². The number of anilines is 1. The first-order valence-electron chi connectivity index (χ1n) is 5.69. The topological polar surface area (TPSA) is 85.8 Å². The number of amides is 1. The van der Waals surface area contributed by atoms with Gasteiger partial charge in [-0.3, -0.25) is 4.79 Å². The summed E-state index contributed by atoms with van der Waals surface area (Å²) in [5, 5.41) is 10.8. The number of nitrogens with zero attached hydrogens (tertiary/aromatic N) is 3. The van der Waals surface area contributed by atoms with Crippen LogP contribution in [0.4, 0.5) is 5.69 Å². The molecule has 0 fully saturated rings. The van der Waals surface area contributed by atoms with E-state index in [9.17, 15) is 4.79 Å². The molecule has 7 heteroatoms. The predicted molar refractivity (Wildman–Crippen MR) is 72.7 cm³/mol. The summed E-state index contributed by atoms with van der Waals surface area (Å²) in [6.45, 7) is 1.82. The van der Waals surface area contributed by atoms with Crippen molar-refractivity contribution in [3.05, 3.63) is 40.9 Å². The molecule has 1 aromatic carbocycles. The van der Waals surface area contributed by atoms with Crippen molar-refractivity contribution in [2.45, 2.75) is 13.0 Å². The molecular weight excluding hydrogens is 266 g/mol. The minimum Gasteiger partial charge on any atom is -0.398 e. The fraction of sp³-hybridized carbons (Fsp3) is 0.250. The first kappa shape index (κ1) is 13.4. The largest absolute Gasteiger partial charge is 0.398 e. The average Bonchev–Trinajstić information content (AvgIpc) is 2.79. The van der Waals surface area contributed by atoms with Crippen LogP contribution in [0.3, 0.4) is 0 Å². The molecule has 0 saturated carbocycles. The SMILES string of the molecule is CC(NC(=O)c1cccc(N)c1Cl)c1nncn1C. The summed E-state index contributed by atoms with van der Waals surface area (Å²) in [4.78, 5) is 12.1. The number of nitrogen functional groups attached to an aromatic ring is 1. The summed E-state index contributed by atoms with van der Waals surface area (Å²) in [5.74, 6) is 0.362. The number of rotatable bonds is 3. The number of nitrogens with one attached hydrogen (secondary N) is 1. The van der Waals surface area contributed by atoms with Gasteiger partial charge in [-0.25, -0.2) is 0 Å². The summed E-state index contributed by atoms with van der Waals surface area (Å²) < 4.78 is 1.74. The number of nitrogens with two attached hydrogens (primary N) is 1. The van der Waals surface area contributed by atoms with Gasteiger partial charge < -0.3 is 15.6 Å². The van der Waals surface area contributed by atoms with Gasteiger partial charge in [-0.2, -0.15) is 0 Å². The fourth-order valence-electron chi connectivity index (χ4n) is 1.75. The van der Waals surface area contributed by atoms with Crippen molar-refractivity contribution in [2.75, 3.05) is 5.73 Å². The van der Waals surface area contributed by atoms with E-state index in [1.807, 2.05) is 14.0 Å². The van der Waals surface area contributed by atoms with Gasteiger partial charge in [0.05, 0.1) is 22.3 Å². The van der Waals surface area contributed by atoms with E-state index >= 15 is 0 Å². The Balaban J connectivity index is 2.18. The standard InChI is InChI=1S/C12H14ClN5O/c1-7(11-17-15-6-18(11)2)16-12(19)8-4-3-5-9(14)10(8)13/h3-7H,14H2,1-2H3,(H,16,19). The van der Waals surface area contributed by atoms with Gasteiger partial charge in [0.25, 0.3) is 5.91 Å². The summed E-state index contributed by atoms with van der Waals surface area (Å²) >= 11 is 6.01. The molecule has 1 atom stereocenters. The maximum absolute atomic E-state index is 12.1. The maximum atomic E-state index is 12.1. The Morgan fingerprint density at radius 2 is 2.26 bits per heavy atom. The smallest absolute Gasteiger partial charge is 0.253 e. The van der Waals surface area contributed by atoms with Crippen LogP contribution in [0.15, 0.2) is 24.5 Å². The van der Waals surface area contributed by atoms with E-state index in [1.54, 1.807) is 29.1 Å². The van der Waals surface area contributed by atoms with Gasteiger partial charge in [0.15, 0.2) is 5.82 Å². The van der Waals surface area contributed by atoms with Crippen molar-refractivity contribution >= 4 is 23.2 Å². The van der Waals surface area contributed by atoms with E-state index in [0.29, 0.717) is 17.1 Å². The maximum Gasteiger partial charge on any atom is 0.253 e. The Bertz CT molecular complexity index is 610. The zero-order valence-corrected chi connectivity index (χ0v) is 11.3. The van der Waals surface area contributed by atoms with Crippen LogP contribution in [0, 0.1) is 0 Å². The average molecular weight is 280 g/mol. The van der Waals surface area contributed by atoms with Gasteiger partial charge in [-0.1, -0.05) is 17.7 Å². The van der Waals surface area contributed by atoms with E-state index in [0.717, 1.165) is 0 Å². The predicted octanol–water partition coefficient (Wildman–Crippen LogP) is 1.54. The zero-order valence-electron chi connectivity index (χ0n) is 10.6. The van der Waals surface area contributed by atoms with E-state index < -0.39 is 0 Å². The summed E-state index contributed by atoms with van der Waals surface area (Å²) in [6.07, 6.45) is 1.57. The molecule has 6 nitrogen and oxygen atoms in total. The Kier molecular flexibility index (Phi) is 3.71. The minimum absolute atomic E-state index is 0.255. The number of hydrogen-bond acceptors (Lipinski definition) is 4. The lowest BCUT2D eigenvalue weighted by molar-refractivity contribution is 0.0938. The zero-order chi connectivity index (χ0) is 14.0. The Morgan fingerprint density at radius 3 is 2.89 bits per heavy atom. The second-order valence-corrected chi connectivity index (χ2v) is 4.58. The highest BCUT2D eigenvalue weighted by Gasteiger charge is 2.17.